The molecule has 1 aromatic carbocycles. The van der Waals surface area contributed by atoms with Gasteiger partial charge in [-0.2, -0.15) is 0 Å². The third kappa shape index (κ3) is 7.28. The Bertz CT molecular complexity index is 1380. The molecule has 2 aliphatic heterocycles. The maximum absolute atomic E-state index is 15.3. The first kappa shape index (κ1) is 31.4. The van der Waals surface area contributed by atoms with Crippen LogP contribution < -0.4 is 14.5 Å². The highest BCUT2D eigenvalue weighted by Gasteiger charge is 2.40. The lowest BCUT2D eigenvalue weighted by Gasteiger charge is -2.28. The highest BCUT2D eigenvalue weighted by molar-refractivity contribution is 7.55. The second kappa shape index (κ2) is 13.6. The van der Waals surface area contributed by atoms with Crippen LogP contribution in [-0.2, 0) is 13.9 Å². The van der Waals surface area contributed by atoms with E-state index in [-0.39, 0.29) is 44.0 Å². The molecule has 3 heterocycles. The normalized spacial score (nSPS) is 18.5. The zero-order valence-electron chi connectivity index (χ0n) is 23.6. The third-order valence-corrected chi connectivity index (χ3v) is 8.75. The Morgan fingerprint density at radius 1 is 1.24 bits per heavy atom. The van der Waals surface area contributed by atoms with E-state index in [1.54, 1.807) is 6.08 Å². The number of allylic oxidation sites excluding steroid dienone is 2. The monoisotopic (exact) mass is 608 g/mol. The molecule has 0 radical (unpaired) electrons. The molecule has 0 bridgehead atoms. The number of halogens is 3. The van der Waals surface area contributed by atoms with E-state index >= 15 is 13.2 Å². The molecule has 2 atom stereocenters. The van der Waals surface area contributed by atoms with E-state index in [0.717, 1.165) is 42.0 Å². The summed E-state index contributed by atoms with van der Waals surface area (Å²) in [5.74, 6) is -4.83. The van der Waals surface area contributed by atoms with E-state index in [2.05, 4.69) is 25.2 Å². The highest BCUT2D eigenvalue weighted by atomic mass is 31.2. The second-order valence-corrected chi connectivity index (χ2v) is 12.2. The number of unbranched alkanes of at least 4 members (excludes halogenated alkanes) is 4. The van der Waals surface area contributed by atoms with Gasteiger partial charge < -0.3 is 18.8 Å². The molecular weight excluding hydrogens is 572 g/mol. The van der Waals surface area contributed by atoms with Crippen molar-refractivity contribution in [2.24, 2.45) is 5.92 Å². The minimum Gasteiger partial charge on any atom is -0.376 e. The van der Waals surface area contributed by atoms with E-state index in [1.807, 2.05) is 0 Å². The molecule has 1 saturated heterocycles. The Labute approximate surface area is 243 Å². The number of aromatic nitrogens is 1. The van der Waals surface area contributed by atoms with Crippen molar-refractivity contribution in [3.05, 3.63) is 72.6 Å². The van der Waals surface area contributed by atoms with E-state index < -0.39 is 42.8 Å². The molecule has 42 heavy (non-hydrogen) atoms. The number of carbonyl (C=O) groups is 1. The van der Waals surface area contributed by atoms with Crippen molar-refractivity contribution in [2.75, 3.05) is 34.1 Å². The summed E-state index contributed by atoms with van der Waals surface area (Å²) in [4.78, 5) is 25.8. The summed E-state index contributed by atoms with van der Waals surface area (Å²) < 4.78 is 69.8. The minimum absolute atomic E-state index is 0.0106. The van der Waals surface area contributed by atoms with Crippen LogP contribution in [0.25, 0.3) is 0 Å². The quantitative estimate of drug-likeness (QED) is 0.144. The van der Waals surface area contributed by atoms with Crippen LogP contribution in [0.3, 0.4) is 0 Å². The summed E-state index contributed by atoms with van der Waals surface area (Å²) in [6.45, 7) is 9.93. The SMILES string of the molecule is C=C1C=CN(c2c(F)cc(N3CC(CN(c4ccon4)P(=O)(O)OC(=O)CCCCCCC)CC3=C)c(F)c2F)CC1. The molecular formula is C29H36F3N4O5P. The number of benzene rings is 1. The first-order valence-electron chi connectivity index (χ1n) is 14.0. The van der Waals surface area contributed by atoms with Gasteiger partial charge >= 0.3 is 13.7 Å². The zero-order valence-corrected chi connectivity index (χ0v) is 24.5. The van der Waals surface area contributed by atoms with Crippen LogP contribution in [0.1, 0.15) is 58.3 Å². The number of hydrogen-bond donors (Lipinski definition) is 1. The lowest BCUT2D eigenvalue weighted by Crippen LogP contribution is -2.31. The van der Waals surface area contributed by atoms with Gasteiger partial charge in [-0.05, 0) is 25.3 Å². The van der Waals surface area contributed by atoms with E-state index in [4.69, 9.17) is 9.05 Å². The van der Waals surface area contributed by atoms with Gasteiger partial charge in [-0.25, -0.2) is 22.4 Å². The van der Waals surface area contributed by atoms with Crippen LogP contribution in [-0.4, -0.2) is 35.7 Å². The summed E-state index contributed by atoms with van der Waals surface area (Å²) >= 11 is 0. The van der Waals surface area contributed by atoms with Gasteiger partial charge in [0.25, 0.3) is 0 Å². The summed E-state index contributed by atoms with van der Waals surface area (Å²) in [6.07, 6.45) is 9.33. The van der Waals surface area contributed by atoms with Crippen LogP contribution in [0.5, 0.6) is 0 Å². The third-order valence-electron chi connectivity index (χ3n) is 7.33. The molecule has 2 aromatic rings. The molecule has 2 unspecified atom stereocenters. The maximum Gasteiger partial charge on any atom is 0.489 e. The first-order chi connectivity index (χ1) is 20.0. The fraction of sp³-hybridized carbons (Fsp3) is 0.448. The fourth-order valence-corrected chi connectivity index (χ4v) is 6.39. The molecule has 0 amide bonds. The standard InChI is InChI=1S/C29H36F3N4O5P/c1-4-5-6-7-8-9-26(37)41-42(38,39)36(25-12-15-40-33-25)19-22-16-21(3)35(18-22)24-17-23(30)29(28(32)27(24)31)34-13-10-20(2)11-14-34/h10,12-13,15,17,22H,2-9,11,14,16,18-19H2,1H3,(H,38,39). The number of nitrogens with zero attached hydrogens (tertiary/aromatic N) is 4. The minimum atomic E-state index is -4.72. The van der Waals surface area contributed by atoms with E-state index in [9.17, 15) is 14.3 Å². The average molecular weight is 609 g/mol. The van der Waals surface area contributed by atoms with Crippen molar-refractivity contribution in [2.45, 2.75) is 58.3 Å². The van der Waals surface area contributed by atoms with Crippen LogP contribution in [0.15, 0.2) is 59.6 Å². The Kier molecular flexibility index (Phi) is 10.2. The van der Waals surface area contributed by atoms with Gasteiger partial charge in [0.05, 0.1) is 5.69 Å². The van der Waals surface area contributed by atoms with Gasteiger partial charge in [-0.3, -0.25) is 9.69 Å². The molecule has 1 fully saturated rings. The Hall–Kier alpha value is -3.50. The summed E-state index contributed by atoms with van der Waals surface area (Å²) in [6, 6.07) is 2.27. The van der Waals surface area contributed by atoms with Crippen LogP contribution in [0.4, 0.5) is 30.4 Å². The highest BCUT2D eigenvalue weighted by Crippen LogP contribution is 2.50. The van der Waals surface area contributed by atoms with Crippen LogP contribution in [0.2, 0.25) is 0 Å². The second-order valence-electron chi connectivity index (χ2n) is 10.6. The molecule has 228 valence electrons. The molecule has 0 aliphatic carbocycles. The molecule has 2 aliphatic rings. The predicted octanol–water partition coefficient (Wildman–Crippen LogP) is 7.22. The van der Waals surface area contributed by atoms with Crippen molar-refractivity contribution >= 4 is 30.9 Å². The lowest BCUT2D eigenvalue weighted by atomic mass is 10.1. The Morgan fingerprint density at radius 3 is 2.67 bits per heavy atom. The van der Waals surface area contributed by atoms with Gasteiger partial charge in [0.15, 0.2) is 23.3 Å². The first-order valence-corrected chi connectivity index (χ1v) is 15.5. The smallest absolute Gasteiger partial charge is 0.376 e. The largest absolute Gasteiger partial charge is 0.489 e. The molecule has 0 saturated carbocycles. The Morgan fingerprint density at radius 2 is 2.00 bits per heavy atom. The van der Waals surface area contributed by atoms with Gasteiger partial charge in [-0.15, -0.1) is 0 Å². The number of rotatable bonds is 13. The molecule has 4 rings (SSSR count). The Balaban J connectivity index is 1.48. The molecule has 1 N–H and O–H groups in total. The molecule has 9 nitrogen and oxygen atoms in total. The van der Waals surface area contributed by atoms with Gasteiger partial charge in [0.2, 0.25) is 0 Å². The number of hydrogen-bond acceptors (Lipinski definition) is 7. The summed E-state index contributed by atoms with van der Waals surface area (Å²) in [7, 11) is -4.72. The van der Waals surface area contributed by atoms with E-state index in [0.29, 0.717) is 18.5 Å². The maximum atomic E-state index is 15.3. The summed E-state index contributed by atoms with van der Waals surface area (Å²) in [5, 5.41) is 3.74. The van der Waals surface area contributed by atoms with Crippen molar-refractivity contribution in [1.82, 2.24) is 5.16 Å². The van der Waals surface area contributed by atoms with Gasteiger partial charge in [0.1, 0.15) is 12.0 Å². The van der Waals surface area contributed by atoms with E-state index in [1.165, 1.54) is 28.3 Å². The summed E-state index contributed by atoms with van der Waals surface area (Å²) in [5.41, 5.74) is 0.331. The topological polar surface area (TPSA) is 99.3 Å². The van der Waals surface area contributed by atoms with Crippen molar-refractivity contribution in [3.63, 3.8) is 0 Å². The van der Waals surface area contributed by atoms with Crippen molar-refractivity contribution < 1.29 is 36.5 Å². The molecule has 0 spiro atoms. The zero-order chi connectivity index (χ0) is 30.4. The number of anilines is 3. The fourth-order valence-electron chi connectivity index (χ4n) is 5.13. The van der Waals surface area contributed by atoms with Crippen LogP contribution >= 0.6 is 7.75 Å². The molecule has 1 aromatic heterocycles. The lowest BCUT2D eigenvalue weighted by molar-refractivity contribution is -0.135. The van der Waals surface area contributed by atoms with Gasteiger partial charge in [0, 0.05) is 56.0 Å². The van der Waals surface area contributed by atoms with Crippen LogP contribution in [0, 0.1) is 23.4 Å². The number of carbonyl (C=O) groups excluding carboxylic acids is 1. The predicted molar refractivity (Wildman–Crippen MR) is 154 cm³/mol. The van der Waals surface area contributed by atoms with Crippen molar-refractivity contribution in [3.8, 4) is 0 Å². The van der Waals surface area contributed by atoms with Crippen molar-refractivity contribution in [1.29, 1.82) is 0 Å². The average Bonchev–Trinajstić information content (AvgIpc) is 3.60. The molecule has 13 heteroatoms. The van der Waals surface area contributed by atoms with Gasteiger partial charge in [-0.1, -0.05) is 56.5 Å².